The number of amides is 2. The molecule has 0 bridgehead atoms. The summed E-state index contributed by atoms with van der Waals surface area (Å²) in [5.74, 6) is 1.02. The number of ether oxygens (including phenoxy) is 3. The summed E-state index contributed by atoms with van der Waals surface area (Å²) in [7, 11) is 1.64. The molecule has 1 N–H and O–H groups in total. The predicted octanol–water partition coefficient (Wildman–Crippen LogP) is 1.39. The van der Waals surface area contributed by atoms with E-state index >= 15 is 0 Å². The van der Waals surface area contributed by atoms with E-state index in [1.54, 1.807) is 24.1 Å². The van der Waals surface area contributed by atoms with Gasteiger partial charge in [0.2, 0.25) is 6.79 Å². The molecule has 8 heteroatoms. The minimum absolute atomic E-state index is 0.199. The number of para-hydroxylation sites is 2. The number of methoxy groups -OCH3 is 1. The molecule has 1 saturated heterocycles. The molecule has 0 radical (unpaired) electrons. The zero-order chi connectivity index (χ0) is 20.2. The minimum atomic E-state index is -0.603. The van der Waals surface area contributed by atoms with Gasteiger partial charge in [0.05, 0.1) is 12.8 Å². The fourth-order valence-electron chi connectivity index (χ4n) is 3.49. The van der Waals surface area contributed by atoms with Crippen LogP contribution in [0.1, 0.15) is 5.56 Å². The summed E-state index contributed by atoms with van der Waals surface area (Å²) in [6.45, 7) is 2.69. The van der Waals surface area contributed by atoms with Crippen LogP contribution in [-0.4, -0.2) is 56.8 Å². The number of fused-ring (bicyclic) bond motifs is 1. The van der Waals surface area contributed by atoms with Gasteiger partial charge in [0.1, 0.15) is 5.75 Å². The third kappa shape index (κ3) is 4.06. The van der Waals surface area contributed by atoms with Crippen LogP contribution in [0.25, 0.3) is 0 Å². The van der Waals surface area contributed by atoms with E-state index in [1.165, 1.54) is 0 Å². The van der Waals surface area contributed by atoms with Gasteiger partial charge in [-0.15, -0.1) is 0 Å². The van der Waals surface area contributed by atoms with E-state index in [-0.39, 0.29) is 13.3 Å². The highest BCUT2D eigenvalue weighted by atomic mass is 16.7. The quantitative estimate of drug-likeness (QED) is 0.786. The van der Waals surface area contributed by atoms with Crippen LogP contribution in [0.15, 0.2) is 42.5 Å². The van der Waals surface area contributed by atoms with Crippen LogP contribution in [-0.2, 0) is 16.1 Å². The van der Waals surface area contributed by atoms with Gasteiger partial charge in [-0.05, 0) is 29.8 Å². The van der Waals surface area contributed by atoms with Gasteiger partial charge < -0.3 is 29.3 Å². The van der Waals surface area contributed by atoms with Crippen LogP contribution in [0.2, 0.25) is 0 Å². The zero-order valence-corrected chi connectivity index (χ0v) is 16.2. The summed E-state index contributed by atoms with van der Waals surface area (Å²) in [6, 6.07) is 13.2. The number of carbonyl (C=O) groups is 2. The lowest BCUT2D eigenvalue weighted by atomic mass is 10.2. The maximum absolute atomic E-state index is 12.5. The molecule has 0 saturated carbocycles. The molecule has 2 heterocycles. The maximum Gasteiger partial charge on any atom is 0.312 e. The summed E-state index contributed by atoms with van der Waals surface area (Å²) in [5.41, 5.74) is 1.84. The lowest BCUT2D eigenvalue weighted by molar-refractivity contribution is -0.146. The van der Waals surface area contributed by atoms with Gasteiger partial charge in [0.25, 0.3) is 0 Å². The van der Waals surface area contributed by atoms with Gasteiger partial charge in [-0.25, -0.2) is 0 Å². The topological polar surface area (TPSA) is 80.3 Å². The lowest BCUT2D eigenvalue weighted by Gasteiger charge is -2.36. The summed E-state index contributed by atoms with van der Waals surface area (Å²) in [4.78, 5) is 28.6. The van der Waals surface area contributed by atoms with Crippen molar-refractivity contribution in [3.8, 4) is 17.2 Å². The Hall–Kier alpha value is -3.42. The lowest BCUT2D eigenvalue weighted by Crippen LogP contribution is -2.52. The Morgan fingerprint density at radius 3 is 2.59 bits per heavy atom. The van der Waals surface area contributed by atoms with Crippen molar-refractivity contribution in [2.24, 2.45) is 0 Å². The fourth-order valence-corrected chi connectivity index (χ4v) is 3.49. The number of rotatable bonds is 4. The van der Waals surface area contributed by atoms with Crippen molar-refractivity contribution in [1.29, 1.82) is 0 Å². The normalized spacial score (nSPS) is 15.2. The van der Waals surface area contributed by atoms with Crippen molar-refractivity contribution in [2.45, 2.75) is 6.54 Å². The Morgan fingerprint density at radius 1 is 1.03 bits per heavy atom. The molecule has 0 aliphatic carbocycles. The van der Waals surface area contributed by atoms with E-state index < -0.39 is 11.8 Å². The Kier molecular flexibility index (Phi) is 5.41. The van der Waals surface area contributed by atoms with Gasteiger partial charge in [0, 0.05) is 32.7 Å². The molecule has 4 rings (SSSR count). The number of anilines is 1. The number of benzene rings is 2. The molecule has 0 unspecified atom stereocenters. The second-order valence-electron chi connectivity index (χ2n) is 6.82. The number of piperazine rings is 1. The zero-order valence-electron chi connectivity index (χ0n) is 16.2. The number of carbonyl (C=O) groups excluding carboxylic acids is 2. The van der Waals surface area contributed by atoms with Gasteiger partial charge in [-0.1, -0.05) is 18.2 Å². The van der Waals surface area contributed by atoms with E-state index in [9.17, 15) is 9.59 Å². The van der Waals surface area contributed by atoms with Crippen molar-refractivity contribution in [2.75, 3.05) is 45.0 Å². The van der Waals surface area contributed by atoms with E-state index in [0.29, 0.717) is 37.7 Å². The first kappa shape index (κ1) is 18.9. The molecule has 2 aliphatic rings. The van der Waals surface area contributed by atoms with E-state index in [1.807, 2.05) is 30.3 Å². The first-order valence-electron chi connectivity index (χ1n) is 9.49. The van der Waals surface area contributed by atoms with Gasteiger partial charge in [-0.3, -0.25) is 9.59 Å². The number of nitrogens with one attached hydrogen (secondary N) is 1. The first-order chi connectivity index (χ1) is 14.2. The van der Waals surface area contributed by atoms with E-state index in [4.69, 9.17) is 14.2 Å². The molecule has 0 aromatic heterocycles. The van der Waals surface area contributed by atoms with Crippen molar-refractivity contribution in [3.05, 3.63) is 48.0 Å². The van der Waals surface area contributed by atoms with Crippen LogP contribution < -0.4 is 24.4 Å². The summed E-state index contributed by atoms with van der Waals surface area (Å²) in [5, 5.41) is 2.69. The smallest absolute Gasteiger partial charge is 0.312 e. The highest BCUT2D eigenvalue weighted by Crippen LogP contribution is 2.32. The molecule has 8 nitrogen and oxygen atoms in total. The second kappa shape index (κ2) is 8.30. The second-order valence-corrected chi connectivity index (χ2v) is 6.82. The first-order valence-corrected chi connectivity index (χ1v) is 9.49. The molecule has 2 aromatic rings. The van der Waals surface area contributed by atoms with Gasteiger partial charge in [0.15, 0.2) is 11.5 Å². The summed E-state index contributed by atoms with van der Waals surface area (Å²) >= 11 is 0. The van der Waals surface area contributed by atoms with E-state index in [2.05, 4.69) is 10.2 Å². The van der Waals surface area contributed by atoms with Gasteiger partial charge in [-0.2, -0.15) is 0 Å². The predicted molar refractivity (Wildman–Crippen MR) is 106 cm³/mol. The molecule has 29 heavy (non-hydrogen) atoms. The Morgan fingerprint density at radius 2 is 1.79 bits per heavy atom. The minimum Gasteiger partial charge on any atom is -0.495 e. The number of hydrogen-bond acceptors (Lipinski definition) is 6. The van der Waals surface area contributed by atoms with Crippen molar-refractivity contribution in [3.63, 3.8) is 0 Å². The molecule has 0 spiro atoms. The summed E-state index contributed by atoms with van der Waals surface area (Å²) in [6.07, 6.45) is 0. The van der Waals surface area contributed by atoms with Crippen LogP contribution in [0.5, 0.6) is 17.2 Å². The molecule has 0 atom stereocenters. The number of nitrogens with zero attached hydrogens (tertiary/aromatic N) is 2. The number of hydrogen-bond donors (Lipinski definition) is 1. The fraction of sp³-hybridized carbons (Fsp3) is 0.333. The van der Waals surface area contributed by atoms with Crippen LogP contribution in [0.3, 0.4) is 0 Å². The van der Waals surface area contributed by atoms with Crippen molar-refractivity contribution in [1.82, 2.24) is 10.2 Å². The molecular weight excluding hydrogens is 374 g/mol. The van der Waals surface area contributed by atoms with E-state index in [0.717, 1.165) is 17.0 Å². The average Bonchev–Trinajstić information content (AvgIpc) is 3.25. The third-order valence-electron chi connectivity index (χ3n) is 5.08. The SMILES string of the molecule is COc1ccccc1N1CCN(C(=O)C(=O)NCc2ccc3c(c2)OCO3)CC1. The molecule has 2 amide bonds. The highest BCUT2D eigenvalue weighted by molar-refractivity contribution is 6.35. The molecule has 2 aliphatic heterocycles. The molecule has 2 aromatic carbocycles. The average molecular weight is 397 g/mol. The van der Waals surface area contributed by atoms with Gasteiger partial charge >= 0.3 is 11.8 Å². The van der Waals surface area contributed by atoms with Crippen LogP contribution >= 0.6 is 0 Å². The Labute approximate surface area is 168 Å². The largest absolute Gasteiger partial charge is 0.495 e. The summed E-state index contributed by atoms with van der Waals surface area (Å²) < 4.78 is 16.0. The van der Waals surface area contributed by atoms with Crippen molar-refractivity contribution < 1.29 is 23.8 Å². The highest BCUT2D eigenvalue weighted by Gasteiger charge is 2.27. The molecular formula is C21H23N3O5. The van der Waals surface area contributed by atoms with Crippen LogP contribution in [0.4, 0.5) is 5.69 Å². The van der Waals surface area contributed by atoms with Crippen LogP contribution in [0, 0.1) is 0 Å². The Bertz CT molecular complexity index is 909. The third-order valence-corrected chi connectivity index (χ3v) is 5.08. The standard InChI is InChI=1S/C21H23N3O5/c1-27-17-5-3-2-4-16(17)23-8-10-24(11-9-23)21(26)20(25)22-13-15-6-7-18-19(12-15)29-14-28-18/h2-7,12H,8-11,13-14H2,1H3,(H,22,25). The molecule has 1 fully saturated rings. The van der Waals surface area contributed by atoms with Crippen molar-refractivity contribution >= 4 is 17.5 Å². The monoisotopic (exact) mass is 397 g/mol. The maximum atomic E-state index is 12.5. The Balaban J connectivity index is 1.29. The molecule has 152 valence electrons.